The summed E-state index contributed by atoms with van der Waals surface area (Å²) in [4.78, 5) is 0. The van der Waals surface area contributed by atoms with Crippen molar-refractivity contribution in [2.45, 2.75) is 12.8 Å². The summed E-state index contributed by atoms with van der Waals surface area (Å²) in [5, 5.41) is 7.92. The van der Waals surface area contributed by atoms with Crippen LogP contribution >= 0.6 is 39.7 Å². The van der Waals surface area contributed by atoms with Crippen LogP contribution in [0.1, 0.15) is 11.1 Å². The van der Waals surface area contributed by atoms with Crippen LogP contribution in [0.3, 0.4) is 0 Å². The first kappa shape index (κ1) is 17.3. The smallest absolute Gasteiger partial charge is 0.166 e. The van der Waals surface area contributed by atoms with Gasteiger partial charge in [-0.3, -0.25) is 0 Å². The van der Waals surface area contributed by atoms with Crippen LogP contribution < -0.4 is 10.6 Å². The topological polar surface area (TPSA) is 24.1 Å². The van der Waals surface area contributed by atoms with E-state index < -0.39 is 0 Å². The number of benzene rings is 2. The van der Waals surface area contributed by atoms with Gasteiger partial charge in [0.25, 0.3) is 0 Å². The number of halogens is 2. The molecule has 116 valence electrons. The van der Waals surface area contributed by atoms with Crippen LogP contribution in [0.15, 0.2) is 53.0 Å². The Morgan fingerprint density at radius 3 is 2.27 bits per heavy atom. The van der Waals surface area contributed by atoms with Crippen LogP contribution in [0.2, 0.25) is 5.02 Å². The fourth-order valence-corrected chi connectivity index (χ4v) is 2.74. The van der Waals surface area contributed by atoms with Crippen molar-refractivity contribution in [1.29, 1.82) is 0 Å². The Bertz CT molecular complexity index is 616. The van der Waals surface area contributed by atoms with E-state index >= 15 is 0 Å². The van der Waals surface area contributed by atoms with E-state index in [4.69, 9.17) is 23.8 Å². The molecule has 22 heavy (non-hydrogen) atoms. The van der Waals surface area contributed by atoms with Crippen molar-refractivity contribution in [2.24, 2.45) is 0 Å². The van der Waals surface area contributed by atoms with E-state index in [-0.39, 0.29) is 0 Å². The summed E-state index contributed by atoms with van der Waals surface area (Å²) in [6.07, 6.45) is 1.80. The molecular weight excluding hydrogens is 380 g/mol. The highest BCUT2D eigenvalue weighted by atomic mass is 79.9. The largest absolute Gasteiger partial charge is 0.362 e. The third kappa shape index (κ3) is 5.95. The number of hydrogen-bond acceptors (Lipinski definition) is 1. The maximum Gasteiger partial charge on any atom is 0.166 e. The van der Waals surface area contributed by atoms with Gasteiger partial charge in [-0.2, -0.15) is 0 Å². The molecule has 0 amide bonds. The zero-order valence-corrected chi connectivity index (χ0v) is 15.3. The lowest BCUT2D eigenvalue weighted by molar-refractivity contribution is 0.802. The van der Waals surface area contributed by atoms with Crippen molar-refractivity contribution in [1.82, 2.24) is 10.6 Å². The minimum Gasteiger partial charge on any atom is -0.362 e. The van der Waals surface area contributed by atoms with Gasteiger partial charge in [-0.05, 0) is 54.4 Å². The van der Waals surface area contributed by atoms with Crippen molar-refractivity contribution in [3.63, 3.8) is 0 Å². The Balaban J connectivity index is 1.64. The maximum absolute atomic E-state index is 6.12. The minimum absolute atomic E-state index is 0.684. The predicted molar refractivity (Wildman–Crippen MR) is 102 cm³/mol. The third-order valence-corrected chi connectivity index (χ3v) is 4.44. The number of thiocarbonyl (C=S) groups is 1. The Kier molecular flexibility index (Phi) is 7.16. The maximum atomic E-state index is 6.12. The fourth-order valence-electron chi connectivity index (χ4n) is 2.05. The van der Waals surface area contributed by atoms with Gasteiger partial charge in [-0.25, -0.2) is 0 Å². The Morgan fingerprint density at radius 2 is 1.59 bits per heavy atom. The zero-order valence-electron chi connectivity index (χ0n) is 12.1. The van der Waals surface area contributed by atoms with Crippen molar-refractivity contribution >= 4 is 44.9 Å². The summed E-state index contributed by atoms with van der Waals surface area (Å²) in [6.45, 7) is 1.59. The van der Waals surface area contributed by atoms with Gasteiger partial charge in [0.2, 0.25) is 0 Å². The van der Waals surface area contributed by atoms with Crippen molar-refractivity contribution in [3.8, 4) is 0 Å². The predicted octanol–water partition coefficient (Wildman–Crippen LogP) is 4.35. The molecule has 0 spiro atoms. The molecule has 0 aromatic heterocycles. The van der Waals surface area contributed by atoms with Gasteiger partial charge in [0.15, 0.2) is 5.11 Å². The summed E-state index contributed by atoms with van der Waals surface area (Å²) in [5.41, 5.74) is 2.42. The first-order valence-corrected chi connectivity index (χ1v) is 8.72. The van der Waals surface area contributed by atoms with E-state index in [0.717, 1.165) is 41.0 Å². The van der Waals surface area contributed by atoms with E-state index in [2.05, 4.69) is 50.8 Å². The van der Waals surface area contributed by atoms with E-state index in [1.165, 1.54) is 5.56 Å². The fraction of sp³-hybridized carbons (Fsp3) is 0.235. The van der Waals surface area contributed by atoms with Crippen molar-refractivity contribution in [2.75, 3.05) is 13.1 Å². The molecule has 0 aliphatic carbocycles. The summed E-state index contributed by atoms with van der Waals surface area (Å²) < 4.78 is 1.10. The van der Waals surface area contributed by atoms with Crippen LogP contribution in [0, 0.1) is 0 Å². The summed E-state index contributed by atoms with van der Waals surface area (Å²) >= 11 is 14.8. The average molecular weight is 398 g/mol. The molecule has 0 bridgehead atoms. The molecule has 0 unspecified atom stereocenters. The van der Waals surface area contributed by atoms with Gasteiger partial charge in [0, 0.05) is 22.6 Å². The lowest BCUT2D eigenvalue weighted by Crippen LogP contribution is -2.37. The second-order valence-corrected chi connectivity index (χ2v) is 6.63. The standard InChI is InChI=1S/C17H18BrClN2S/c18-15-7-5-13(6-8-15)9-11-20-17(22)21-12-10-14-3-1-2-4-16(14)19/h1-8H,9-12H2,(H2,20,21,22). The molecule has 2 N–H and O–H groups in total. The molecule has 0 radical (unpaired) electrons. The molecule has 0 atom stereocenters. The van der Waals surface area contributed by atoms with E-state index in [1.807, 2.05) is 24.3 Å². The molecule has 0 saturated carbocycles. The van der Waals surface area contributed by atoms with Crippen LogP contribution in [0.4, 0.5) is 0 Å². The molecule has 0 saturated heterocycles. The molecule has 0 aliphatic heterocycles. The highest BCUT2D eigenvalue weighted by molar-refractivity contribution is 9.10. The number of rotatable bonds is 6. The van der Waals surface area contributed by atoms with Crippen molar-refractivity contribution in [3.05, 3.63) is 69.2 Å². The highest BCUT2D eigenvalue weighted by Gasteiger charge is 2.00. The van der Waals surface area contributed by atoms with E-state index in [9.17, 15) is 0 Å². The first-order valence-electron chi connectivity index (χ1n) is 7.15. The quantitative estimate of drug-likeness (QED) is 0.709. The zero-order chi connectivity index (χ0) is 15.8. The second kappa shape index (κ2) is 9.13. The van der Waals surface area contributed by atoms with Crippen LogP contribution in [0.25, 0.3) is 0 Å². The Morgan fingerprint density at radius 1 is 0.955 bits per heavy atom. The Hall–Kier alpha value is -1.10. The summed E-state index contributed by atoms with van der Waals surface area (Å²) in [7, 11) is 0. The van der Waals surface area contributed by atoms with Gasteiger partial charge < -0.3 is 10.6 Å². The van der Waals surface area contributed by atoms with Gasteiger partial charge in [0.05, 0.1) is 0 Å². The molecule has 5 heteroatoms. The Labute approximate surface area is 150 Å². The molecule has 0 heterocycles. The van der Waals surface area contributed by atoms with E-state index in [0.29, 0.717) is 5.11 Å². The third-order valence-electron chi connectivity index (χ3n) is 3.25. The first-order chi connectivity index (χ1) is 10.6. The molecular formula is C17H18BrClN2S. The lowest BCUT2D eigenvalue weighted by atomic mass is 10.1. The lowest BCUT2D eigenvalue weighted by Gasteiger charge is -2.11. The normalized spacial score (nSPS) is 10.3. The van der Waals surface area contributed by atoms with Gasteiger partial charge in [0.1, 0.15) is 0 Å². The molecule has 2 aromatic rings. The molecule has 2 rings (SSSR count). The number of nitrogens with one attached hydrogen (secondary N) is 2. The SMILES string of the molecule is S=C(NCCc1ccc(Br)cc1)NCCc1ccccc1Cl. The highest BCUT2D eigenvalue weighted by Crippen LogP contribution is 2.14. The van der Waals surface area contributed by atoms with Gasteiger partial charge in [-0.15, -0.1) is 0 Å². The molecule has 2 nitrogen and oxygen atoms in total. The molecule has 0 aliphatic rings. The summed E-state index contributed by atoms with van der Waals surface area (Å²) in [6, 6.07) is 16.2. The van der Waals surface area contributed by atoms with Crippen LogP contribution in [-0.2, 0) is 12.8 Å². The molecule has 0 fully saturated rings. The van der Waals surface area contributed by atoms with Crippen molar-refractivity contribution < 1.29 is 0 Å². The van der Waals surface area contributed by atoms with Crippen LogP contribution in [-0.4, -0.2) is 18.2 Å². The van der Waals surface area contributed by atoms with Gasteiger partial charge in [-0.1, -0.05) is 57.9 Å². The minimum atomic E-state index is 0.684. The summed E-state index contributed by atoms with van der Waals surface area (Å²) in [5.74, 6) is 0. The molecule has 2 aromatic carbocycles. The monoisotopic (exact) mass is 396 g/mol. The second-order valence-electron chi connectivity index (χ2n) is 4.90. The van der Waals surface area contributed by atoms with Gasteiger partial charge >= 0.3 is 0 Å². The number of hydrogen-bond donors (Lipinski definition) is 2. The van der Waals surface area contributed by atoms with Crippen LogP contribution in [0.5, 0.6) is 0 Å². The van der Waals surface area contributed by atoms with E-state index in [1.54, 1.807) is 0 Å². The average Bonchev–Trinajstić information content (AvgIpc) is 2.51.